The van der Waals surface area contributed by atoms with Gasteiger partial charge in [0.1, 0.15) is 49.7 Å². The fourth-order valence-corrected chi connectivity index (χ4v) is 11.5. The summed E-state index contributed by atoms with van der Waals surface area (Å²) in [6, 6.07) is 21.7. The highest BCUT2D eigenvalue weighted by Gasteiger charge is 2.47. The first-order valence-electron chi connectivity index (χ1n) is 20.9. The van der Waals surface area contributed by atoms with Crippen molar-refractivity contribution in [2.24, 2.45) is 0 Å². The number of nitrogens with zero attached hydrogens (tertiary/aromatic N) is 4. The van der Waals surface area contributed by atoms with Crippen LogP contribution in [0.3, 0.4) is 0 Å². The van der Waals surface area contributed by atoms with Gasteiger partial charge in [-0.05, 0) is 25.0 Å². The first kappa shape index (κ1) is 52.1. The van der Waals surface area contributed by atoms with Gasteiger partial charge in [0.2, 0.25) is 0 Å². The Morgan fingerprint density at radius 1 is 0.543 bits per heavy atom. The van der Waals surface area contributed by atoms with E-state index in [2.05, 4.69) is 13.2 Å². The molecule has 0 aliphatic carbocycles. The lowest BCUT2D eigenvalue weighted by molar-refractivity contribution is -0.151. The fourth-order valence-electron chi connectivity index (χ4n) is 6.19. The van der Waals surface area contributed by atoms with Gasteiger partial charge in [0.05, 0.1) is 66.8 Å². The summed E-state index contributed by atoms with van der Waals surface area (Å²) in [5.41, 5.74) is 1.25. The van der Waals surface area contributed by atoms with Crippen molar-refractivity contribution in [1.29, 1.82) is 10.5 Å². The highest BCUT2D eigenvalue weighted by atomic mass is 32.2. The van der Waals surface area contributed by atoms with Crippen molar-refractivity contribution < 1.29 is 66.8 Å². The number of hydrazine groups is 1. The van der Waals surface area contributed by atoms with Gasteiger partial charge in [0.25, 0.3) is 11.8 Å². The molecule has 0 spiro atoms. The van der Waals surface area contributed by atoms with E-state index in [1.165, 1.54) is 23.9 Å². The minimum atomic E-state index is -0.931. The van der Waals surface area contributed by atoms with E-state index in [1.807, 2.05) is 48.5 Å². The van der Waals surface area contributed by atoms with E-state index < -0.39 is 73.3 Å². The lowest BCUT2D eigenvalue weighted by atomic mass is 10.2. The Bertz CT molecular complexity index is 2650. The van der Waals surface area contributed by atoms with Crippen LogP contribution in [0, 0.1) is 22.7 Å². The Labute approximate surface area is 417 Å². The van der Waals surface area contributed by atoms with Crippen LogP contribution in [0.25, 0.3) is 0 Å². The van der Waals surface area contributed by atoms with Gasteiger partial charge >= 0.3 is 35.8 Å². The highest BCUT2D eigenvalue weighted by molar-refractivity contribution is 8.26. The Kier molecular flexibility index (Phi) is 18.1. The topological polar surface area (TPSA) is 246 Å². The largest absolute Gasteiger partial charge is 0.462 e. The SMILES string of the molecule is C=C(C)C(=O)OCCOC(=O)CCC(=O)Oc1c2c(c(OC(=O)CCC(=O)OCCOC(=O)C(=C)C)c3c1SC(=C1C(=O)N(Cc4ccccc4)N(Cc4ccccc4)C1=O)S3)SC(=C(C#N)C#N)S2. The number of fused-ring (bicyclic) bond motifs is 2. The number of amides is 2. The Morgan fingerprint density at radius 3 is 1.27 bits per heavy atom. The molecule has 0 aromatic heterocycles. The number of hydrogen-bond acceptors (Lipinski definition) is 20. The van der Waals surface area contributed by atoms with Crippen LogP contribution in [-0.2, 0) is 70.4 Å². The Hall–Kier alpha value is -7.24. The molecule has 3 aliphatic rings. The van der Waals surface area contributed by atoms with Crippen molar-refractivity contribution in [2.75, 3.05) is 26.4 Å². The molecule has 3 aromatic carbocycles. The van der Waals surface area contributed by atoms with Crippen LogP contribution < -0.4 is 9.47 Å². The van der Waals surface area contributed by atoms with Crippen molar-refractivity contribution >= 4 is 94.7 Å². The average molecular weight is 1030 g/mol. The van der Waals surface area contributed by atoms with Crippen LogP contribution in [0.1, 0.15) is 50.7 Å². The normalized spacial score (nSPS) is 13.4. The van der Waals surface area contributed by atoms with E-state index in [0.29, 0.717) is 0 Å². The number of benzene rings is 3. The lowest BCUT2D eigenvalue weighted by Gasteiger charge is -2.27. The van der Waals surface area contributed by atoms with Gasteiger partial charge in [-0.3, -0.25) is 28.8 Å². The molecular weight excluding hydrogens is 985 g/mol. The summed E-state index contributed by atoms with van der Waals surface area (Å²) < 4.78 is 32.2. The number of carbonyl (C=O) groups excluding carboxylic acids is 8. The van der Waals surface area contributed by atoms with Gasteiger partial charge in [0.15, 0.2) is 11.5 Å². The molecule has 22 heteroatoms. The van der Waals surface area contributed by atoms with Crippen LogP contribution in [0.15, 0.2) is 124 Å². The van der Waals surface area contributed by atoms with Gasteiger partial charge in [-0.15, -0.1) is 0 Å². The molecule has 1 saturated heterocycles. The first-order valence-corrected chi connectivity index (χ1v) is 24.2. The van der Waals surface area contributed by atoms with E-state index >= 15 is 0 Å². The number of nitriles is 2. The van der Waals surface area contributed by atoms with Crippen molar-refractivity contribution in [2.45, 2.75) is 72.2 Å². The van der Waals surface area contributed by atoms with E-state index in [4.69, 9.17) is 28.4 Å². The number of ether oxygens (including phenoxy) is 6. The predicted molar refractivity (Wildman–Crippen MR) is 252 cm³/mol. The molecule has 0 bridgehead atoms. The molecule has 0 unspecified atom stereocenters. The smallest absolute Gasteiger partial charge is 0.333 e. The van der Waals surface area contributed by atoms with E-state index in [-0.39, 0.29) is 101 Å². The highest BCUT2D eigenvalue weighted by Crippen LogP contribution is 2.68. The van der Waals surface area contributed by atoms with Gasteiger partial charge in [-0.25, -0.2) is 19.6 Å². The van der Waals surface area contributed by atoms with Crippen molar-refractivity contribution in [3.05, 3.63) is 116 Å². The minimum absolute atomic E-state index is 0.0317. The minimum Gasteiger partial charge on any atom is -0.462 e. The maximum atomic E-state index is 14.6. The molecule has 0 N–H and O–H groups in total. The van der Waals surface area contributed by atoms with Gasteiger partial charge in [0, 0.05) is 11.1 Å². The molecule has 3 aliphatic heterocycles. The molecule has 360 valence electrons. The third-order valence-corrected chi connectivity index (χ3v) is 14.7. The maximum Gasteiger partial charge on any atom is 0.333 e. The van der Waals surface area contributed by atoms with Crippen LogP contribution in [0.2, 0.25) is 0 Å². The summed E-state index contributed by atoms with van der Waals surface area (Å²) in [4.78, 5) is 105. The fraction of sp³-hybridized carbons (Fsp3) is 0.250. The predicted octanol–water partition coefficient (Wildman–Crippen LogP) is 7.23. The summed E-state index contributed by atoms with van der Waals surface area (Å²) in [5, 5.41) is 22.3. The van der Waals surface area contributed by atoms with Crippen LogP contribution in [-0.4, -0.2) is 84.1 Å². The zero-order valence-electron chi connectivity index (χ0n) is 37.4. The van der Waals surface area contributed by atoms with Crippen LogP contribution in [0.5, 0.6) is 11.5 Å². The molecule has 2 amide bonds. The number of thioether (sulfide) groups is 4. The summed E-state index contributed by atoms with van der Waals surface area (Å²) in [5.74, 6) is -6.38. The number of esters is 6. The van der Waals surface area contributed by atoms with Gasteiger partial charge < -0.3 is 28.4 Å². The van der Waals surface area contributed by atoms with Crippen LogP contribution in [0.4, 0.5) is 0 Å². The van der Waals surface area contributed by atoms with Gasteiger partial charge in [-0.1, -0.05) is 121 Å². The number of allylic oxidation sites excluding steroid dienone is 1. The molecule has 3 aromatic rings. The molecule has 0 atom stereocenters. The average Bonchev–Trinajstić information content (AvgIpc) is 4.04. The quantitative estimate of drug-likeness (QED) is 0.0206. The summed E-state index contributed by atoms with van der Waals surface area (Å²) >= 11 is 3.51. The lowest BCUT2D eigenvalue weighted by Crippen LogP contribution is -2.39. The number of rotatable bonds is 20. The third-order valence-electron chi connectivity index (χ3n) is 9.54. The molecule has 0 saturated carbocycles. The molecule has 1 fully saturated rings. The molecular formula is C48H40N4O14S4. The second kappa shape index (κ2) is 24.4. The maximum absolute atomic E-state index is 14.6. The zero-order chi connectivity index (χ0) is 50.5. The van der Waals surface area contributed by atoms with E-state index in [1.54, 1.807) is 24.3 Å². The molecule has 0 radical (unpaired) electrons. The monoisotopic (exact) mass is 1020 g/mol. The van der Waals surface area contributed by atoms with Crippen molar-refractivity contribution in [3.63, 3.8) is 0 Å². The second-order valence-electron chi connectivity index (χ2n) is 14.8. The molecule has 6 rings (SSSR count). The summed E-state index contributed by atoms with van der Waals surface area (Å²) in [6.45, 7) is 8.83. The summed E-state index contributed by atoms with van der Waals surface area (Å²) in [6.07, 6.45) is -1.93. The van der Waals surface area contributed by atoms with Crippen LogP contribution >= 0.6 is 47.0 Å². The second-order valence-corrected chi connectivity index (χ2v) is 19.4. The Morgan fingerprint density at radius 2 is 0.900 bits per heavy atom. The van der Waals surface area contributed by atoms with E-state index in [0.717, 1.165) is 58.2 Å². The number of hydrogen-bond donors (Lipinski definition) is 0. The standard InChI is InChI=1S/C48H40N4O14S4/c1-27(2)45(59)63-21-19-61-32(53)15-17-34(55)65-37-39-40(68-47(67-39)31(23-49)24-50)38(66-35(56)18-16-33(54)62-20-22-64-46(60)28(3)4)42-41(37)69-48(70-42)36-43(57)51(25-29-11-7-5-8-12-29)52(44(36)58)26-30-13-9-6-10-14-30/h5-14H,1,3,15-22,25-26H2,2,4H3. The number of carbonyl (C=O) groups is 8. The third kappa shape index (κ3) is 13.1. The molecule has 18 nitrogen and oxygen atoms in total. The zero-order valence-corrected chi connectivity index (χ0v) is 40.7. The molecule has 70 heavy (non-hydrogen) atoms. The van der Waals surface area contributed by atoms with Gasteiger partial charge in [-0.2, -0.15) is 10.5 Å². The van der Waals surface area contributed by atoms with Crippen molar-refractivity contribution in [1.82, 2.24) is 10.0 Å². The first-order chi connectivity index (χ1) is 33.6. The van der Waals surface area contributed by atoms with E-state index in [9.17, 15) is 48.9 Å². The van der Waals surface area contributed by atoms with Crippen molar-refractivity contribution in [3.8, 4) is 23.6 Å². The Balaban J connectivity index is 1.35. The molecule has 3 heterocycles. The summed E-state index contributed by atoms with van der Waals surface area (Å²) in [7, 11) is 0.